The first kappa shape index (κ1) is 66.8. The van der Waals surface area contributed by atoms with Gasteiger partial charge in [-0.1, -0.05) is 215 Å². The van der Waals surface area contributed by atoms with E-state index in [1.165, 1.54) is 128 Å². The monoisotopic (exact) mass is 1460 g/mol. The van der Waals surface area contributed by atoms with Gasteiger partial charge >= 0.3 is 0 Å². The molecule has 0 N–H and O–H groups in total. The molecule has 96 heavy (non-hydrogen) atoms. The van der Waals surface area contributed by atoms with Crippen molar-refractivity contribution in [2.75, 3.05) is 9.80 Å². The third-order valence-electron chi connectivity index (χ3n) is 20.6. The van der Waals surface area contributed by atoms with Crippen LogP contribution < -0.4 is 26.2 Å². The summed E-state index contributed by atoms with van der Waals surface area (Å²) in [5.74, 6) is 1.25. The van der Waals surface area contributed by atoms with E-state index >= 15 is 0 Å². The maximum absolute atomic E-state index is 12.7. The van der Waals surface area contributed by atoms with Crippen LogP contribution in [0.2, 0.25) is 0 Å². The van der Waals surface area contributed by atoms with Crippen molar-refractivity contribution in [1.29, 1.82) is 0 Å². The molecule has 5 nitrogen and oxygen atoms in total. The average molecular weight is 1460 g/mol. The van der Waals surface area contributed by atoms with E-state index in [-0.39, 0.29) is 59.7 Å². The van der Waals surface area contributed by atoms with Crippen LogP contribution in [0.15, 0.2) is 174 Å². The van der Waals surface area contributed by atoms with Gasteiger partial charge in [0.2, 0.25) is 0 Å². The number of rotatable bonds is 6. The standard InChI is InChI=1S/C74H78BN4S.C13H11FN.Ir/c1-42(2)51-25-22-26-52(43(3)4)66(51)79-59-28-20-19-27-57(59)76-69(79)45-24-21-23-44(33-45)46-34-61-65-62(35-46)78-60-32-30-48(71(8,9)10)40-63(60)80-64-41-50(73(14,15)16)39-56(68(64)78)75(65)55-38-49(72(11,12)13)37-54-67(55)77(61)58-31-29-47(70(5,6)7)36-53(58)74(54,17)18;1-9-7-13(15-8-10(9)2)11-3-5-12(14)6-4-11;/h19-23,25-43H,1-18H3;3,5-8H,1-2H3;/q2*-1;. The SMILES string of the molecule is CC(C)c1cccc(C(C)C)c1-n1c(-c2[c-]ccc(-c3cc4c5c(c3)N3c6ccc(C(C)(C)C)cc6C(C)(C)c6cc(C(C)(C)C)cc(c63)B5c3cc(C(C)(C)C)cc5c3N4c3ccc(C(C)(C)C)cc3S5)c2)nc2ccccc21.Cc1cnc(-c2[c-]cc(F)cc2)cc1C.[Ir]. The van der Waals surface area contributed by atoms with Crippen molar-refractivity contribution in [1.82, 2.24) is 14.5 Å². The van der Waals surface area contributed by atoms with Crippen molar-refractivity contribution in [2.45, 2.75) is 187 Å². The molecule has 0 fully saturated rings. The fourth-order valence-electron chi connectivity index (χ4n) is 14.8. The predicted molar refractivity (Wildman–Crippen MR) is 402 cm³/mol. The summed E-state index contributed by atoms with van der Waals surface area (Å²) >= 11 is 1.96. The molecular formula is C87H89BFIrN5S-2. The van der Waals surface area contributed by atoms with Crippen molar-refractivity contribution < 1.29 is 24.5 Å². The molecule has 0 saturated carbocycles. The molecule has 9 heteroatoms. The Balaban J connectivity index is 0.000000459. The first-order valence-electron chi connectivity index (χ1n) is 34.1. The fourth-order valence-corrected chi connectivity index (χ4v) is 16.0. The molecule has 2 aromatic heterocycles. The van der Waals surface area contributed by atoms with Gasteiger partial charge in [0.1, 0.15) is 0 Å². The summed E-state index contributed by atoms with van der Waals surface area (Å²) in [7, 11) is 0. The summed E-state index contributed by atoms with van der Waals surface area (Å²) in [5, 5.41) is 0. The summed E-state index contributed by atoms with van der Waals surface area (Å²) in [6.07, 6.45) is 1.82. The van der Waals surface area contributed by atoms with Gasteiger partial charge in [0, 0.05) is 70.1 Å². The molecule has 15 rings (SSSR count). The number of nitrogens with zero attached hydrogens (tertiary/aromatic N) is 5. The normalized spacial score (nSPS) is 14.2. The largest absolute Gasteiger partial charge is 0.333 e. The maximum atomic E-state index is 12.7. The van der Waals surface area contributed by atoms with Crippen LogP contribution in [0.25, 0.3) is 50.5 Å². The smallest absolute Gasteiger partial charge is 0.252 e. The number of para-hydroxylation sites is 3. The van der Waals surface area contributed by atoms with Crippen LogP contribution in [0, 0.1) is 31.8 Å². The van der Waals surface area contributed by atoms with Crippen LogP contribution in [0.1, 0.15) is 192 Å². The molecule has 11 aromatic rings. The summed E-state index contributed by atoms with van der Waals surface area (Å²) in [6.45, 7) is 46.6. The molecule has 0 atom stereocenters. The van der Waals surface area contributed by atoms with Crippen LogP contribution in [-0.2, 0) is 47.2 Å². The van der Waals surface area contributed by atoms with Crippen molar-refractivity contribution >= 4 is 80.0 Å². The number of anilines is 6. The Morgan fingerprint density at radius 3 is 1.72 bits per heavy atom. The van der Waals surface area contributed by atoms with Crippen molar-refractivity contribution in [2.24, 2.45) is 0 Å². The zero-order valence-electron chi connectivity index (χ0n) is 59.7. The Kier molecular flexibility index (Phi) is 16.5. The van der Waals surface area contributed by atoms with E-state index in [0.717, 1.165) is 50.4 Å². The number of fused-ring (bicyclic) bond motifs is 9. The molecule has 0 saturated heterocycles. The van der Waals surface area contributed by atoms with Gasteiger partial charge in [-0.2, -0.15) is 0 Å². The van der Waals surface area contributed by atoms with Gasteiger partial charge in [-0.15, -0.1) is 65.2 Å². The Morgan fingerprint density at radius 2 is 1.10 bits per heavy atom. The van der Waals surface area contributed by atoms with E-state index < -0.39 is 0 Å². The second-order valence-corrected chi connectivity index (χ2v) is 33.6. The molecule has 9 aromatic carbocycles. The van der Waals surface area contributed by atoms with E-state index in [1.54, 1.807) is 6.07 Å². The first-order chi connectivity index (χ1) is 44.8. The van der Waals surface area contributed by atoms with E-state index in [4.69, 9.17) is 4.98 Å². The molecule has 4 aliphatic heterocycles. The number of benzene rings is 9. The number of imidazole rings is 1. The summed E-state index contributed by atoms with van der Waals surface area (Å²) in [4.78, 5) is 17.8. The molecule has 1 radical (unpaired) electrons. The van der Waals surface area contributed by atoms with E-state index in [0.29, 0.717) is 11.8 Å². The average Bonchev–Trinajstić information content (AvgIpc) is 1.64. The van der Waals surface area contributed by atoms with E-state index in [2.05, 4.69) is 290 Å². The summed E-state index contributed by atoms with van der Waals surface area (Å²) < 4.78 is 15.1. The molecule has 0 bridgehead atoms. The third kappa shape index (κ3) is 11.2. The Bertz CT molecular complexity index is 4920. The predicted octanol–water partition coefficient (Wildman–Crippen LogP) is 22.1. The topological polar surface area (TPSA) is 37.2 Å². The van der Waals surface area contributed by atoms with Gasteiger partial charge in [-0.05, 0) is 174 Å². The van der Waals surface area contributed by atoms with Gasteiger partial charge in [0.05, 0.1) is 33.9 Å². The molecule has 0 aliphatic carbocycles. The number of hydrogen-bond acceptors (Lipinski definition) is 5. The first-order valence-corrected chi connectivity index (χ1v) is 35.0. The van der Waals surface area contributed by atoms with Crippen molar-refractivity contribution in [3.05, 3.63) is 238 Å². The minimum absolute atomic E-state index is 0. The summed E-state index contributed by atoms with van der Waals surface area (Å²) in [6, 6.07) is 65.4. The molecular weight excluding hydrogens is 1370 g/mol. The minimum Gasteiger partial charge on any atom is -0.333 e. The fraction of sp³-hybridized carbons (Fsp3) is 0.310. The molecule has 489 valence electrons. The molecule has 0 spiro atoms. The second kappa shape index (κ2) is 23.7. The molecule has 6 heterocycles. The Morgan fingerprint density at radius 1 is 0.521 bits per heavy atom. The van der Waals surface area contributed by atoms with Gasteiger partial charge in [-0.25, -0.2) is 0 Å². The van der Waals surface area contributed by atoms with Crippen LogP contribution >= 0.6 is 11.8 Å². The van der Waals surface area contributed by atoms with Gasteiger partial charge in [-0.3, -0.25) is 9.37 Å². The van der Waals surface area contributed by atoms with Crippen LogP contribution in [0.4, 0.5) is 38.5 Å². The summed E-state index contributed by atoms with van der Waals surface area (Å²) in [5.41, 5.74) is 32.7. The van der Waals surface area contributed by atoms with Crippen molar-refractivity contribution in [3.63, 3.8) is 0 Å². The number of pyridine rings is 1. The maximum Gasteiger partial charge on any atom is 0.252 e. The number of hydrogen-bond donors (Lipinski definition) is 0. The number of aryl methyl sites for hydroxylation is 2. The quantitative estimate of drug-likeness (QED) is 0.123. The second-order valence-electron chi connectivity index (χ2n) is 32.5. The van der Waals surface area contributed by atoms with E-state index in [1.807, 2.05) is 37.9 Å². The zero-order valence-corrected chi connectivity index (χ0v) is 62.9. The van der Waals surface area contributed by atoms with Crippen LogP contribution in [0.3, 0.4) is 0 Å². The number of halogens is 1. The van der Waals surface area contributed by atoms with Crippen molar-refractivity contribution in [3.8, 4) is 39.5 Å². The van der Waals surface area contributed by atoms with Gasteiger partial charge in [0.25, 0.3) is 6.71 Å². The van der Waals surface area contributed by atoms with Crippen LogP contribution in [-0.4, -0.2) is 21.2 Å². The van der Waals surface area contributed by atoms with Gasteiger partial charge < -0.3 is 19.4 Å². The van der Waals surface area contributed by atoms with E-state index in [9.17, 15) is 4.39 Å². The molecule has 0 amide bonds. The number of aromatic nitrogens is 3. The molecule has 4 aliphatic rings. The van der Waals surface area contributed by atoms with Gasteiger partial charge in [0.15, 0.2) is 0 Å². The Hall–Kier alpha value is -7.81. The van der Waals surface area contributed by atoms with Crippen LogP contribution in [0.5, 0.6) is 0 Å². The Labute approximate surface area is 588 Å². The third-order valence-corrected chi connectivity index (χ3v) is 21.7. The zero-order chi connectivity index (χ0) is 67.5. The minimum atomic E-state index is -0.289. The molecule has 0 unspecified atom stereocenters.